The molecule has 1 aromatic carbocycles. The first-order chi connectivity index (χ1) is 18.7. The van der Waals surface area contributed by atoms with Gasteiger partial charge in [-0.05, 0) is 13.0 Å². The number of halogens is 3. The fourth-order valence-corrected chi connectivity index (χ4v) is 4.89. The average molecular weight is 536 g/mol. The van der Waals surface area contributed by atoms with Crippen LogP contribution >= 0.6 is 0 Å². The molecule has 6 rings (SSSR count). The second-order valence-electron chi connectivity index (χ2n) is 9.61. The molecule has 0 bridgehead atoms. The third kappa shape index (κ3) is 4.44. The minimum atomic E-state index is -2.09. The molecule has 0 radical (unpaired) electrons. The Labute approximate surface area is 221 Å². The van der Waals surface area contributed by atoms with Gasteiger partial charge >= 0.3 is 0 Å². The van der Waals surface area contributed by atoms with Crippen LogP contribution in [0.25, 0.3) is 16.6 Å². The zero-order valence-electron chi connectivity index (χ0n) is 21.1. The summed E-state index contributed by atoms with van der Waals surface area (Å²) in [5.41, 5.74) is 0.186. The van der Waals surface area contributed by atoms with Crippen molar-refractivity contribution in [2.24, 2.45) is 7.05 Å². The second kappa shape index (κ2) is 9.34. The Morgan fingerprint density at radius 1 is 0.821 bits per heavy atom. The molecule has 39 heavy (non-hydrogen) atoms. The fraction of sp³-hybridized carbons (Fsp3) is 0.269. The van der Waals surface area contributed by atoms with Crippen LogP contribution in [0.5, 0.6) is 0 Å². The van der Waals surface area contributed by atoms with Crippen molar-refractivity contribution in [2.45, 2.75) is 12.5 Å². The summed E-state index contributed by atoms with van der Waals surface area (Å²) in [6.07, 6.45) is 9.87. The number of anilines is 2. The molecule has 10 nitrogen and oxygen atoms in total. The largest absolute Gasteiger partial charge is 0.380 e. The molecule has 0 spiro atoms. The highest BCUT2D eigenvalue weighted by Gasteiger charge is 2.34. The van der Waals surface area contributed by atoms with E-state index in [1.54, 1.807) is 15.4 Å². The average Bonchev–Trinajstić information content (AvgIpc) is 3.54. The molecular formula is C26H24F3N9O. The van der Waals surface area contributed by atoms with Crippen LogP contribution in [0.3, 0.4) is 0 Å². The molecule has 1 atom stereocenters. The molecule has 5 aromatic rings. The number of aromatic nitrogens is 7. The van der Waals surface area contributed by atoms with Gasteiger partial charge in [-0.15, -0.1) is 0 Å². The molecule has 1 aliphatic rings. The maximum Gasteiger partial charge on any atom is 0.225 e. The Morgan fingerprint density at radius 3 is 2.13 bits per heavy atom. The zero-order valence-corrected chi connectivity index (χ0v) is 21.1. The molecule has 0 saturated carbocycles. The van der Waals surface area contributed by atoms with E-state index in [0.29, 0.717) is 44.3 Å². The molecule has 0 aliphatic carbocycles. The van der Waals surface area contributed by atoms with Gasteiger partial charge in [-0.3, -0.25) is 4.68 Å². The molecule has 5 heterocycles. The lowest BCUT2D eigenvalue weighted by Gasteiger charge is -2.35. The van der Waals surface area contributed by atoms with E-state index in [9.17, 15) is 18.3 Å². The van der Waals surface area contributed by atoms with Gasteiger partial charge in [0.2, 0.25) is 5.95 Å². The molecule has 13 heteroatoms. The lowest BCUT2D eigenvalue weighted by molar-refractivity contribution is 0.0924. The van der Waals surface area contributed by atoms with E-state index in [0.717, 1.165) is 22.5 Å². The summed E-state index contributed by atoms with van der Waals surface area (Å²) in [6.45, 7) is 3.71. The molecule has 4 aromatic heterocycles. The van der Waals surface area contributed by atoms with E-state index < -0.39 is 28.6 Å². The van der Waals surface area contributed by atoms with Gasteiger partial charge in [0.15, 0.2) is 5.82 Å². The number of hydrogen-bond acceptors (Lipinski definition) is 8. The number of hydrogen-bond donors (Lipinski definition) is 1. The predicted octanol–water partition coefficient (Wildman–Crippen LogP) is 2.92. The van der Waals surface area contributed by atoms with Crippen LogP contribution in [0.1, 0.15) is 18.1 Å². The van der Waals surface area contributed by atoms with Crippen LogP contribution in [0.4, 0.5) is 24.9 Å². The Balaban J connectivity index is 1.18. The summed E-state index contributed by atoms with van der Waals surface area (Å²) < 4.78 is 45.5. The summed E-state index contributed by atoms with van der Waals surface area (Å²) in [7, 11) is 1.87. The molecule has 0 amide bonds. The summed E-state index contributed by atoms with van der Waals surface area (Å²) in [5.74, 6) is -2.21. The van der Waals surface area contributed by atoms with Gasteiger partial charge in [0.05, 0.1) is 11.8 Å². The first kappa shape index (κ1) is 24.8. The van der Waals surface area contributed by atoms with Crippen molar-refractivity contribution in [3.05, 3.63) is 84.1 Å². The summed E-state index contributed by atoms with van der Waals surface area (Å²) >= 11 is 0. The highest BCUT2D eigenvalue weighted by atomic mass is 19.1. The number of piperazine rings is 1. The van der Waals surface area contributed by atoms with E-state index in [4.69, 9.17) is 0 Å². The maximum absolute atomic E-state index is 14.3. The lowest BCUT2D eigenvalue weighted by Crippen LogP contribution is -2.47. The van der Waals surface area contributed by atoms with Crippen LogP contribution in [0.15, 0.2) is 55.5 Å². The predicted molar refractivity (Wildman–Crippen MR) is 137 cm³/mol. The van der Waals surface area contributed by atoms with Gasteiger partial charge in [-0.25, -0.2) is 32.6 Å². The topological polar surface area (TPSA) is 100 Å². The van der Waals surface area contributed by atoms with Crippen LogP contribution in [-0.2, 0) is 12.6 Å². The Hall–Kier alpha value is -4.52. The van der Waals surface area contributed by atoms with Crippen molar-refractivity contribution in [3.63, 3.8) is 0 Å². The third-order valence-corrected chi connectivity index (χ3v) is 6.98. The van der Waals surface area contributed by atoms with Crippen LogP contribution in [0.2, 0.25) is 0 Å². The Morgan fingerprint density at radius 2 is 1.49 bits per heavy atom. The molecule has 1 N–H and O–H groups in total. The van der Waals surface area contributed by atoms with Gasteiger partial charge in [0.25, 0.3) is 0 Å². The quantitative estimate of drug-likeness (QED) is 0.367. The number of aryl methyl sites for hydroxylation is 1. The van der Waals surface area contributed by atoms with Crippen molar-refractivity contribution in [3.8, 4) is 11.1 Å². The van der Waals surface area contributed by atoms with E-state index in [2.05, 4.69) is 30.0 Å². The minimum absolute atomic E-state index is 0.0790. The molecule has 200 valence electrons. The van der Waals surface area contributed by atoms with Gasteiger partial charge < -0.3 is 14.9 Å². The lowest BCUT2D eigenvalue weighted by atomic mass is 9.89. The fourth-order valence-electron chi connectivity index (χ4n) is 4.89. The molecule has 1 saturated heterocycles. The van der Waals surface area contributed by atoms with Crippen molar-refractivity contribution < 1.29 is 18.3 Å². The standard InChI is InChI=1S/C26H24F3N9O/c1-26(39,23-20(28)8-19(27)9-21(23)29)18-11-30-25(31-12-18)37-5-3-36(4-6-37)24-22-7-16(14-38(22)34-15-32-24)17-10-33-35(2)13-17/h7-15,39H,3-6H2,1-2H3/t26-/m1/s1. The number of fused-ring (bicyclic) bond motifs is 1. The number of benzene rings is 1. The van der Waals surface area contributed by atoms with Gasteiger partial charge in [-0.1, -0.05) is 0 Å². The number of aliphatic hydroxyl groups is 1. The number of nitrogens with zero attached hydrogens (tertiary/aromatic N) is 9. The summed E-state index contributed by atoms with van der Waals surface area (Å²) in [4.78, 5) is 17.4. The normalized spacial score (nSPS) is 15.6. The van der Waals surface area contributed by atoms with Gasteiger partial charge in [0, 0.05) is 86.8 Å². The third-order valence-electron chi connectivity index (χ3n) is 6.98. The van der Waals surface area contributed by atoms with E-state index in [-0.39, 0.29) is 5.56 Å². The highest BCUT2D eigenvalue weighted by Crippen LogP contribution is 2.33. The Bertz CT molecular complexity index is 1630. The SMILES string of the molecule is Cn1cc(-c2cc3c(N4CCN(c5ncc([C@@](C)(O)c6c(F)cc(F)cc6F)cn5)CC4)ncnn3c2)cn1. The molecule has 0 unspecified atom stereocenters. The zero-order chi connectivity index (χ0) is 27.3. The maximum atomic E-state index is 14.3. The first-order valence-electron chi connectivity index (χ1n) is 12.2. The smallest absolute Gasteiger partial charge is 0.225 e. The van der Waals surface area contributed by atoms with E-state index >= 15 is 0 Å². The summed E-state index contributed by atoms with van der Waals surface area (Å²) in [5, 5.41) is 19.5. The molecule has 1 fully saturated rings. The highest BCUT2D eigenvalue weighted by molar-refractivity contribution is 5.77. The second-order valence-corrected chi connectivity index (χ2v) is 9.61. The Kier molecular flexibility index (Phi) is 5.94. The number of rotatable bonds is 5. The summed E-state index contributed by atoms with van der Waals surface area (Å²) in [6, 6.07) is 3.10. The van der Waals surface area contributed by atoms with Crippen molar-refractivity contribution in [1.82, 2.24) is 34.3 Å². The first-order valence-corrected chi connectivity index (χ1v) is 12.2. The van der Waals surface area contributed by atoms with Crippen LogP contribution in [-0.4, -0.2) is 65.6 Å². The van der Waals surface area contributed by atoms with Crippen LogP contribution in [0, 0.1) is 17.5 Å². The molecular weight excluding hydrogens is 511 g/mol. The molecule has 1 aliphatic heterocycles. The monoisotopic (exact) mass is 535 g/mol. The van der Waals surface area contributed by atoms with Gasteiger partial charge in [0.1, 0.15) is 34.9 Å². The van der Waals surface area contributed by atoms with Crippen molar-refractivity contribution >= 4 is 17.3 Å². The minimum Gasteiger partial charge on any atom is -0.380 e. The van der Waals surface area contributed by atoms with Gasteiger partial charge in [-0.2, -0.15) is 10.2 Å². The van der Waals surface area contributed by atoms with Crippen LogP contribution < -0.4 is 9.80 Å². The van der Waals surface area contributed by atoms with Crippen molar-refractivity contribution in [2.75, 3.05) is 36.0 Å². The van der Waals surface area contributed by atoms with E-state index in [1.165, 1.54) is 25.6 Å². The van der Waals surface area contributed by atoms with Crippen molar-refractivity contribution in [1.29, 1.82) is 0 Å². The van der Waals surface area contributed by atoms with E-state index in [1.807, 2.05) is 30.4 Å².